The van der Waals surface area contributed by atoms with Crippen LogP contribution in [0, 0.1) is 0 Å². The van der Waals surface area contributed by atoms with Crippen molar-refractivity contribution in [2.24, 2.45) is 5.73 Å². The van der Waals surface area contributed by atoms with Crippen LogP contribution in [0.1, 0.15) is 19.4 Å². The Bertz CT molecular complexity index is 864. The summed E-state index contributed by atoms with van der Waals surface area (Å²) in [7, 11) is 2.12. The summed E-state index contributed by atoms with van der Waals surface area (Å²) in [5.74, 6) is 0. The molecule has 0 amide bonds. The molecular formula is C22H26ClN3S. The zero-order chi connectivity index (χ0) is 19.4. The zero-order valence-electron chi connectivity index (χ0n) is 16.1. The third-order valence-electron chi connectivity index (χ3n) is 4.30. The molecule has 2 aromatic carbocycles. The molecule has 3 rings (SSSR count). The Labute approximate surface area is 170 Å². The Hall–Kier alpha value is -1.72. The van der Waals surface area contributed by atoms with Gasteiger partial charge in [-0.1, -0.05) is 48.0 Å². The van der Waals surface area contributed by atoms with Crippen molar-refractivity contribution in [3.8, 4) is 21.8 Å². The molecule has 0 aliphatic heterocycles. The summed E-state index contributed by atoms with van der Waals surface area (Å²) in [5, 5.41) is 3.86. The third-order valence-corrected chi connectivity index (χ3v) is 5.45. The van der Waals surface area contributed by atoms with E-state index in [2.05, 4.69) is 55.4 Å². The summed E-state index contributed by atoms with van der Waals surface area (Å²) in [4.78, 5) is 7.06. The molecule has 3 nitrogen and oxygen atoms in total. The number of hydrogen-bond acceptors (Lipinski definition) is 4. The van der Waals surface area contributed by atoms with Crippen molar-refractivity contribution in [2.75, 3.05) is 20.1 Å². The van der Waals surface area contributed by atoms with Gasteiger partial charge in [-0.3, -0.25) is 0 Å². The van der Waals surface area contributed by atoms with Gasteiger partial charge in [0.15, 0.2) is 0 Å². The van der Waals surface area contributed by atoms with E-state index < -0.39 is 0 Å². The van der Waals surface area contributed by atoms with Crippen molar-refractivity contribution in [1.29, 1.82) is 0 Å². The van der Waals surface area contributed by atoms with Gasteiger partial charge in [0.1, 0.15) is 5.01 Å². The first-order valence-electron chi connectivity index (χ1n) is 9.08. The average Bonchev–Trinajstić information content (AvgIpc) is 3.10. The maximum Gasteiger partial charge on any atom is 0.124 e. The smallest absolute Gasteiger partial charge is 0.124 e. The molecule has 0 aliphatic rings. The van der Waals surface area contributed by atoms with Crippen molar-refractivity contribution in [1.82, 2.24) is 9.88 Å². The third kappa shape index (κ3) is 5.88. The normalized spacial score (nSPS) is 11.9. The minimum absolute atomic E-state index is 0.162. The van der Waals surface area contributed by atoms with Gasteiger partial charge >= 0.3 is 0 Å². The van der Waals surface area contributed by atoms with Crippen LogP contribution in [0.25, 0.3) is 21.8 Å². The molecule has 0 unspecified atom stereocenters. The Morgan fingerprint density at radius 1 is 1.04 bits per heavy atom. The van der Waals surface area contributed by atoms with Gasteiger partial charge in [-0.25, -0.2) is 4.98 Å². The van der Waals surface area contributed by atoms with Gasteiger partial charge in [0.2, 0.25) is 0 Å². The standard InChI is InChI=1S/C22H26ClN3S/c1-22(2,24)15-26(3)13-12-16-4-6-17(7-5-16)20-14-27-21(25-20)18-8-10-19(23)11-9-18/h4-11,14H,12-13,15,24H2,1-3H3. The van der Waals surface area contributed by atoms with E-state index in [9.17, 15) is 0 Å². The van der Waals surface area contributed by atoms with E-state index in [0.29, 0.717) is 0 Å². The van der Waals surface area contributed by atoms with Crippen LogP contribution in [0.15, 0.2) is 53.9 Å². The highest BCUT2D eigenvalue weighted by atomic mass is 35.5. The molecular weight excluding hydrogens is 374 g/mol. The second-order valence-electron chi connectivity index (χ2n) is 7.72. The van der Waals surface area contributed by atoms with Crippen molar-refractivity contribution >= 4 is 22.9 Å². The number of nitrogens with two attached hydrogens (primary N) is 1. The Morgan fingerprint density at radius 2 is 1.67 bits per heavy atom. The minimum Gasteiger partial charge on any atom is -0.324 e. The van der Waals surface area contributed by atoms with Crippen molar-refractivity contribution in [3.05, 3.63) is 64.5 Å². The van der Waals surface area contributed by atoms with Crippen LogP contribution in [-0.2, 0) is 6.42 Å². The number of aromatic nitrogens is 1. The van der Waals surface area contributed by atoms with Gasteiger partial charge in [-0.05, 0) is 45.0 Å². The van der Waals surface area contributed by atoms with Crippen LogP contribution in [0.4, 0.5) is 0 Å². The van der Waals surface area contributed by atoms with Gasteiger partial charge < -0.3 is 10.6 Å². The zero-order valence-corrected chi connectivity index (χ0v) is 17.6. The Kier molecular flexibility index (Phi) is 6.33. The first-order chi connectivity index (χ1) is 12.8. The Morgan fingerprint density at radius 3 is 2.30 bits per heavy atom. The SMILES string of the molecule is CN(CCc1ccc(-c2csc(-c3ccc(Cl)cc3)n2)cc1)CC(C)(C)N. The lowest BCUT2D eigenvalue weighted by Crippen LogP contribution is -2.44. The molecule has 142 valence electrons. The Balaban J connectivity index is 1.63. The molecule has 3 aromatic rings. The van der Waals surface area contributed by atoms with Crippen LogP contribution < -0.4 is 5.73 Å². The van der Waals surface area contributed by atoms with Crippen LogP contribution in [0.2, 0.25) is 5.02 Å². The van der Waals surface area contributed by atoms with Crippen molar-refractivity contribution in [3.63, 3.8) is 0 Å². The van der Waals surface area contributed by atoms with Crippen LogP contribution in [-0.4, -0.2) is 35.6 Å². The molecule has 1 aromatic heterocycles. The molecule has 0 saturated heterocycles. The lowest BCUT2D eigenvalue weighted by molar-refractivity contribution is 0.273. The van der Waals surface area contributed by atoms with Gasteiger partial charge in [0.05, 0.1) is 5.69 Å². The number of halogens is 1. The monoisotopic (exact) mass is 399 g/mol. The summed E-state index contributed by atoms with van der Waals surface area (Å²) in [5.41, 5.74) is 10.5. The predicted octanol–water partition coefficient (Wildman–Crippen LogP) is 5.34. The minimum atomic E-state index is -0.162. The second kappa shape index (κ2) is 8.53. The molecule has 0 fully saturated rings. The number of likely N-dealkylation sites (N-methyl/N-ethyl adjacent to an activating group) is 1. The first-order valence-corrected chi connectivity index (χ1v) is 10.3. The molecule has 2 N–H and O–H groups in total. The highest BCUT2D eigenvalue weighted by Gasteiger charge is 2.13. The van der Waals surface area contributed by atoms with E-state index in [1.54, 1.807) is 11.3 Å². The van der Waals surface area contributed by atoms with Gasteiger partial charge in [0, 0.05) is 40.2 Å². The fraction of sp³-hybridized carbons (Fsp3) is 0.318. The van der Waals surface area contributed by atoms with E-state index in [1.165, 1.54) is 5.56 Å². The summed E-state index contributed by atoms with van der Waals surface area (Å²) in [6.45, 7) is 6.00. The highest BCUT2D eigenvalue weighted by Crippen LogP contribution is 2.29. The van der Waals surface area contributed by atoms with Crippen molar-refractivity contribution in [2.45, 2.75) is 25.8 Å². The number of benzene rings is 2. The maximum absolute atomic E-state index is 6.09. The van der Waals surface area contributed by atoms with Gasteiger partial charge in [0.25, 0.3) is 0 Å². The molecule has 0 bridgehead atoms. The van der Waals surface area contributed by atoms with E-state index in [-0.39, 0.29) is 5.54 Å². The fourth-order valence-electron chi connectivity index (χ4n) is 3.07. The van der Waals surface area contributed by atoms with E-state index in [0.717, 1.165) is 46.4 Å². The lowest BCUT2D eigenvalue weighted by atomic mass is 10.1. The topological polar surface area (TPSA) is 42.2 Å². The summed E-state index contributed by atoms with van der Waals surface area (Å²) < 4.78 is 0. The number of thiazole rings is 1. The predicted molar refractivity (Wildman–Crippen MR) is 117 cm³/mol. The van der Waals surface area contributed by atoms with Crippen molar-refractivity contribution < 1.29 is 0 Å². The molecule has 0 saturated carbocycles. The van der Waals surface area contributed by atoms with Gasteiger partial charge in [-0.2, -0.15) is 0 Å². The van der Waals surface area contributed by atoms with Gasteiger partial charge in [-0.15, -0.1) is 11.3 Å². The number of nitrogens with zero attached hydrogens (tertiary/aromatic N) is 2. The molecule has 0 spiro atoms. The average molecular weight is 400 g/mol. The molecule has 0 aliphatic carbocycles. The van der Waals surface area contributed by atoms with Crippen LogP contribution >= 0.6 is 22.9 Å². The lowest BCUT2D eigenvalue weighted by Gasteiger charge is -2.26. The van der Waals surface area contributed by atoms with Crippen LogP contribution in [0.5, 0.6) is 0 Å². The summed E-state index contributed by atoms with van der Waals surface area (Å²) in [6.07, 6.45) is 1.01. The number of rotatable bonds is 7. The molecule has 1 heterocycles. The molecule has 27 heavy (non-hydrogen) atoms. The molecule has 0 radical (unpaired) electrons. The summed E-state index contributed by atoms with van der Waals surface area (Å²) in [6, 6.07) is 16.5. The molecule has 0 atom stereocenters. The summed E-state index contributed by atoms with van der Waals surface area (Å²) >= 11 is 7.62. The quantitative estimate of drug-likeness (QED) is 0.582. The largest absolute Gasteiger partial charge is 0.324 e. The maximum atomic E-state index is 6.09. The number of hydrogen-bond donors (Lipinski definition) is 1. The van der Waals surface area contributed by atoms with E-state index in [1.807, 2.05) is 24.3 Å². The second-order valence-corrected chi connectivity index (χ2v) is 9.01. The van der Waals surface area contributed by atoms with E-state index >= 15 is 0 Å². The van der Waals surface area contributed by atoms with Crippen LogP contribution in [0.3, 0.4) is 0 Å². The molecule has 5 heteroatoms. The fourth-order valence-corrected chi connectivity index (χ4v) is 4.03. The van der Waals surface area contributed by atoms with E-state index in [4.69, 9.17) is 22.3 Å². The highest BCUT2D eigenvalue weighted by molar-refractivity contribution is 7.13. The first kappa shape index (κ1) is 20.0.